The number of aromatic nitrogens is 1. The summed E-state index contributed by atoms with van der Waals surface area (Å²) in [4.78, 5) is 8.06. The molecule has 1 saturated heterocycles. The van der Waals surface area contributed by atoms with Crippen molar-refractivity contribution in [2.45, 2.75) is 12.8 Å². The number of anilines is 2. The lowest BCUT2D eigenvalue weighted by Gasteiger charge is -2.11. The molecular formula is C9H11N3S2. The number of fused-ring (bicyclic) bond motifs is 1. The van der Waals surface area contributed by atoms with E-state index < -0.39 is 0 Å². The Hall–Kier alpha value is -0.810. The molecule has 0 bridgehead atoms. The highest BCUT2D eigenvalue weighted by Crippen LogP contribution is 2.36. The maximum absolute atomic E-state index is 5.71. The van der Waals surface area contributed by atoms with E-state index in [9.17, 15) is 0 Å². The Balaban J connectivity index is 2.01. The highest BCUT2D eigenvalue weighted by Gasteiger charge is 2.17. The van der Waals surface area contributed by atoms with Gasteiger partial charge in [-0.15, -0.1) is 0 Å². The minimum absolute atomic E-state index is 0.867. The Labute approximate surface area is 90.2 Å². The minimum Gasteiger partial charge on any atom is -0.390 e. The molecule has 0 unspecified atom stereocenters. The zero-order chi connectivity index (χ0) is 9.54. The predicted octanol–water partition coefficient (Wildman–Crippen LogP) is 2.54. The Kier molecular flexibility index (Phi) is 1.88. The van der Waals surface area contributed by atoms with E-state index in [0.29, 0.717) is 0 Å². The molecule has 14 heavy (non-hydrogen) atoms. The van der Waals surface area contributed by atoms with Gasteiger partial charge in [-0.05, 0) is 18.9 Å². The van der Waals surface area contributed by atoms with Crippen molar-refractivity contribution in [3.05, 3.63) is 6.07 Å². The number of nitrogens with two attached hydrogens (primary N) is 1. The van der Waals surface area contributed by atoms with E-state index in [1.165, 1.54) is 22.7 Å². The fourth-order valence-corrected chi connectivity index (χ4v) is 3.82. The van der Waals surface area contributed by atoms with Crippen molar-refractivity contribution in [1.82, 2.24) is 4.98 Å². The van der Waals surface area contributed by atoms with E-state index in [1.807, 2.05) is 6.07 Å². The molecule has 0 spiro atoms. The van der Waals surface area contributed by atoms with E-state index in [0.717, 1.165) is 22.9 Å². The molecule has 0 aromatic carbocycles. The van der Waals surface area contributed by atoms with E-state index in [-0.39, 0.29) is 0 Å². The summed E-state index contributed by atoms with van der Waals surface area (Å²) in [6, 6.07) is 2.03. The summed E-state index contributed by atoms with van der Waals surface area (Å²) in [5.41, 5.74) is 5.71. The normalized spacial score (nSPS) is 17.0. The maximum Gasteiger partial charge on any atom is 0.187 e. The molecule has 0 aliphatic carbocycles. The van der Waals surface area contributed by atoms with Gasteiger partial charge in [0.25, 0.3) is 0 Å². The van der Waals surface area contributed by atoms with Gasteiger partial charge in [-0.1, -0.05) is 22.7 Å². The van der Waals surface area contributed by atoms with Gasteiger partial charge >= 0.3 is 0 Å². The standard InChI is InChI=1S/C9H11N3S2/c10-7-5-6-8(14-7)11-9(13-6)12-3-1-2-4-12/h5H,1-4,10H2. The fourth-order valence-electron chi connectivity index (χ4n) is 1.79. The molecule has 3 rings (SSSR count). The van der Waals surface area contributed by atoms with Crippen molar-refractivity contribution in [3.8, 4) is 0 Å². The summed E-state index contributed by atoms with van der Waals surface area (Å²) in [7, 11) is 0. The van der Waals surface area contributed by atoms with Gasteiger partial charge < -0.3 is 10.6 Å². The zero-order valence-corrected chi connectivity index (χ0v) is 9.33. The second-order valence-corrected chi connectivity index (χ2v) is 5.58. The number of rotatable bonds is 1. The van der Waals surface area contributed by atoms with Crippen molar-refractivity contribution in [2.24, 2.45) is 0 Å². The number of hydrogen-bond acceptors (Lipinski definition) is 5. The lowest BCUT2D eigenvalue weighted by Crippen LogP contribution is -2.16. The Morgan fingerprint density at radius 2 is 2.07 bits per heavy atom. The lowest BCUT2D eigenvalue weighted by molar-refractivity contribution is 0.949. The average Bonchev–Trinajstić information content (AvgIpc) is 2.74. The lowest BCUT2D eigenvalue weighted by atomic mass is 10.4. The molecule has 0 atom stereocenters. The number of thiazole rings is 1. The van der Waals surface area contributed by atoms with Gasteiger partial charge in [-0.2, -0.15) is 0 Å². The van der Waals surface area contributed by atoms with Crippen LogP contribution >= 0.6 is 22.7 Å². The van der Waals surface area contributed by atoms with Crippen molar-refractivity contribution < 1.29 is 0 Å². The molecule has 5 heteroatoms. The SMILES string of the molecule is Nc1cc2sc(N3CCCC3)nc2s1. The number of nitrogen functional groups attached to an aromatic ring is 1. The van der Waals surface area contributed by atoms with Crippen LogP contribution in [0.3, 0.4) is 0 Å². The largest absolute Gasteiger partial charge is 0.390 e. The number of nitrogens with zero attached hydrogens (tertiary/aromatic N) is 2. The Morgan fingerprint density at radius 1 is 1.29 bits per heavy atom. The molecule has 0 radical (unpaired) electrons. The first kappa shape index (κ1) is 8.49. The van der Waals surface area contributed by atoms with E-state index in [2.05, 4.69) is 9.88 Å². The fraction of sp³-hybridized carbons (Fsp3) is 0.444. The minimum atomic E-state index is 0.867. The number of hydrogen-bond donors (Lipinski definition) is 1. The van der Waals surface area contributed by atoms with Gasteiger partial charge in [0.05, 0.1) is 9.70 Å². The van der Waals surface area contributed by atoms with Gasteiger partial charge in [0, 0.05) is 13.1 Å². The van der Waals surface area contributed by atoms with Crippen LogP contribution in [0.1, 0.15) is 12.8 Å². The Bertz CT molecular complexity index is 422. The summed E-state index contributed by atoms with van der Waals surface area (Å²) < 4.78 is 1.23. The molecule has 3 nitrogen and oxygen atoms in total. The molecule has 2 aromatic rings. The summed E-state index contributed by atoms with van der Waals surface area (Å²) in [6.45, 7) is 2.33. The molecule has 2 N–H and O–H groups in total. The van der Waals surface area contributed by atoms with Crippen LogP contribution < -0.4 is 10.6 Å². The van der Waals surface area contributed by atoms with Crippen molar-refractivity contribution in [1.29, 1.82) is 0 Å². The topological polar surface area (TPSA) is 42.1 Å². The monoisotopic (exact) mass is 225 g/mol. The first-order chi connectivity index (χ1) is 6.83. The molecular weight excluding hydrogens is 214 g/mol. The molecule has 74 valence electrons. The summed E-state index contributed by atoms with van der Waals surface area (Å²) >= 11 is 3.34. The highest BCUT2D eigenvalue weighted by molar-refractivity contribution is 7.30. The predicted molar refractivity (Wildman–Crippen MR) is 63.4 cm³/mol. The molecule has 1 aliphatic rings. The van der Waals surface area contributed by atoms with E-state index >= 15 is 0 Å². The highest BCUT2D eigenvalue weighted by atomic mass is 32.1. The van der Waals surface area contributed by atoms with Gasteiger partial charge in [-0.25, -0.2) is 4.98 Å². The van der Waals surface area contributed by atoms with Crippen molar-refractivity contribution >= 4 is 42.3 Å². The molecule has 1 fully saturated rings. The van der Waals surface area contributed by atoms with Gasteiger partial charge in [-0.3, -0.25) is 0 Å². The number of thiophene rings is 1. The van der Waals surface area contributed by atoms with Crippen molar-refractivity contribution in [2.75, 3.05) is 23.7 Å². The van der Waals surface area contributed by atoms with E-state index in [1.54, 1.807) is 22.7 Å². The van der Waals surface area contributed by atoms with Crippen LogP contribution in [0, 0.1) is 0 Å². The quantitative estimate of drug-likeness (QED) is 0.811. The second-order valence-electron chi connectivity index (χ2n) is 3.51. The van der Waals surface area contributed by atoms with Crippen molar-refractivity contribution in [3.63, 3.8) is 0 Å². The Morgan fingerprint density at radius 3 is 2.79 bits per heavy atom. The first-order valence-corrected chi connectivity index (χ1v) is 6.37. The maximum atomic E-state index is 5.71. The second kappa shape index (κ2) is 3.10. The molecule has 0 amide bonds. The molecule has 0 saturated carbocycles. The molecule has 1 aliphatic heterocycles. The van der Waals surface area contributed by atoms with E-state index in [4.69, 9.17) is 5.73 Å². The van der Waals surface area contributed by atoms with Gasteiger partial charge in [0.1, 0.15) is 4.83 Å². The van der Waals surface area contributed by atoms with Crippen LogP contribution in [0.25, 0.3) is 9.53 Å². The van der Waals surface area contributed by atoms with Gasteiger partial charge in [0.2, 0.25) is 0 Å². The van der Waals surface area contributed by atoms with Crippen LogP contribution in [0.4, 0.5) is 10.1 Å². The third kappa shape index (κ3) is 1.27. The van der Waals surface area contributed by atoms with Crippen LogP contribution in [0.2, 0.25) is 0 Å². The smallest absolute Gasteiger partial charge is 0.187 e. The average molecular weight is 225 g/mol. The van der Waals surface area contributed by atoms with Crippen LogP contribution in [-0.2, 0) is 0 Å². The van der Waals surface area contributed by atoms with Crippen LogP contribution in [0.5, 0.6) is 0 Å². The van der Waals surface area contributed by atoms with Crippen LogP contribution in [-0.4, -0.2) is 18.1 Å². The third-order valence-electron chi connectivity index (χ3n) is 2.47. The summed E-state index contributed by atoms with van der Waals surface area (Å²) in [6.07, 6.45) is 2.60. The molecule has 2 aromatic heterocycles. The summed E-state index contributed by atoms with van der Waals surface area (Å²) in [5, 5.41) is 2.04. The summed E-state index contributed by atoms with van der Waals surface area (Å²) in [5.74, 6) is 0. The van der Waals surface area contributed by atoms with Gasteiger partial charge in [0.15, 0.2) is 5.13 Å². The molecule has 3 heterocycles. The first-order valence-electron chi connectivity index (χ1n) is 4.74. The van der Waals surface area contributed by atoms with Crippen LogP contribution in [0.15, 0.2) is 6.07 Å². The zero-order valence-electron chi connectivity index (χ0n) is 7.69. The third-order valence-corrected chi connectivity index (χ3v) is 4.52.